The molecule has 1 N–H and O–H groups in total. The summed E-state index contributed by atoms with van der Waals surface area (Å²) in [4.78, 5) is 13.3. The van der Waals surface area contributed by atoms with Crippen molar-refractivity contribution >= 4 is 5.82 Å². The van der Waals surface area contributed by atoms with E-state index in [9.17, 15) is 0 Å². The molecule has 5 heteroatoms. The second-order valence-corrected chi connectivity index (χ2v) is 3.70. The Bertz CT molecular complexity index is 515. The lowest BCUT2D eigenvalue weighted by atomic mass is 10.3. The molecule has 2 aromatic rings. The maximum Gasteiger partial charge on any atom is 0.162 e. The lowest BCUT2D eigenvalue weighted by molar-refractivity contribution is 0.909. The normalized spacial score (nSPS) is 10.5. The van der Waals surface area contributed by atoms with E-state index in [0.29, 0.717) is 0 Å². The first-order valence-electron chi connectivity index (χ1n) is 5.14. The van der Waals surface area contributed by atoms with Crippen molar-refractivity contribution in [2.75, 3.05) is 12.4 Å². The largest absolute Gasteiger partial charge is 0.371 e. The van der Waals surface area contributed by atoms with Crippen LogP contribution in [0.1, 0.15) is 11.4 Å². The third kappa shape index (κ3) is 1.64. The Kier molecular flexibility index (Phi) is 2.60. The third-order valence-electron chi connectivity index (χ3n) is 2.58. The lowest BCUT2D eigenvalue weighted by Crippen LogP contribution is -2.05. The number of imidazole rings is 1. The third-order valence-corrected chi connectivity index (χ3v) is 2.58. The molecule has 5 nitrogen and oxygen atoms in total. The molecule has 0 aliphatic rings. The average molecular weight is 217 g/mol. The lowest BCUT2D eigenvalue weighted by Gasteiger charge is -2.09. The first-order valence-corrected chi connectivity index (χ1v) is 5.14. The SMILES string of the molecule is CNc1nc(C)c(C)nc1-c1nccn1C. The number of aromatic nitrogens is 4. The summed E-state index contributed by atoms with van der Waals surface area (Å²) in [5.41, 5.74) is 2.65. The van der Waals surface area contributed by atoms with Crippen LogP contribution in [0.15, 0.2) is 12.4 Å². The van der Waals surface area contributed by atoms with Crippen molar-refractivity contribution in [3.63, 3.8) is 0 Å². The second-order valence-electron chi connectivity index (χ2n) is 3.70. The molecule has 0 aliphatic carbocycles. The molecule has 0 aromatic carbocycles. The van der Waals surface area contributed by atoms with Crippen LogP contribution >= 0.6 is 0 Å². The molecule has 0 amide bonds. The second kappa shape index (κ2) is 3.92. The fourth-order valence-electron chi connectivity index (χ4n) is 1.53. The number of nitrogens with one attached hydrogen (secondary N) is 1. The van der Waals surface area contributed by atoms with Gasteiger partial charge in [-0.25, -0.2) is 15.0 Å². The molecule has 0 atom stereocenters. The average Bonchev–Trinajstić information content (AvgIpc) is 2.68. The fourth-order valence-corrected chi connectivity index (χ4v) is 1.53. The quantitative estimate of drug-likeness (QED) is 0.829. The van der Waals surface area contributed by atoms with Crippen LogP contribution in [0.25, 0.3) is 11.5 Å². The molecule has 2 heterocycles. The van der Waals surface area contributed by atoms with Crippen molar-refractivity contribution in [3.05, 3.63) is 23.8 Å². The minimum Gasteiger partial charge on any atom is -0.371 e. The van der Waals surface area contributed by atoms with Gasteiger partial charge in [0.15, 0.2) is 11.6 Å². The van der Waals surface area contributed by atoms with Crippen LogP contribution < -0.4 is 5.32 Å². The Morgan fingerprint density at radius 3 is 2.44 bits per heavy atom. The molecular formula is C11H15N5. The summed E-state index contributed by atoms with van der Waals surface area (Å²) in [7, 11) is 3.78. The van der Waals surface area contributed by atoms with Gasteiger partial charge >= 0.3 is 0 Å². The Labute approximate surface area is 94.6 Å². The summed E-state index contributed by atoms with van der Waals surface area (Å²) in [5, 5.41) is 3.05. The van der Waals surface area contributed by atoms with Crippen LogP contribution in [0, 0.1) is 13.8 Å². The molecular weight excluding hydrogens is 202 g/mol. The smallest absolute Gasteiger partial charge is 0.162 e. The highest BCUT2D eigenvalue weighted by Gasteiger charge is 2.13. The van der Waals surface area contributed by atoms with Crippen molar-refractivity contribution < 1.29 is 0 Å². The molecule has 0 radical (unpaired) electrons. The molecule has 2 rings (SSSR count). The number of rotatable bonds is 2. The predicted octanol–water partition coefficient (Wildman–Crippen LogP) is 1.54. The van der Waals surface area contributed by atoms with E-state index in [4.69, 9.17) is 0 Å². The maximum atomic E-state index is 4.54. The van der Waals surface area contributed by atoms with Gasteiger partial charge in [0.2, 0.25) is 0 Å². The zero-order valence-corrected chi connectivity index (χ0v) is 9.94. The summed E-state index contributed by atoms with van der Waals surface area (Å²) in [6, 6.07) is 0. The van der Waals surface area contributed by atoms with Crippen molar-refractivity contribution in [1.29, 1.82) is 0 Å². The molecule has 0 spiro atoms. The van der Waals surface area contributed by atoms with E-state index in [1.54, 1.807) is 6.20 Å². The van der Waals surface area contributed by atoms with E-state index in [-0.39, 0.29) is 0 Å². The summed E-state index contributed by atoms with van der Waals surface area (Å²) in [6.07, 6.45) is 3.65. The zero-order chi connectivity index (χ0) is 11.7. The van der Waals surface area contributed by atoms with Crippen molar-refractivity contribution in [2.45, 2.75) is 13.8 Å². The zero-order valence-electron chi connectivity index (χ0n) is 9.94. The van der Waals surface area contributed by atoms with Gasteiger partial charge < -0.3 is 9.88 Å². The van der Waals surface area contributed by atoms with Gasteiger partial charge in [-0.05, 0) is 13.8 Å². The minimum atomic E-state index is 0.761. The van der Waals surface area contributed by atoms with Gasteiger partial charge in [0.05, 0.1) is 11.4 Å². The van der Waals surface area contributed by atoms with Crippen LogP contribution in [0.5, 0.6) is 0 Å². The van der Waals surface area contributed by atoms with Crippen LogP contribution in [0.4, 0.5) is 5.82 Å². The van der Waals surface area contributed by atoms with Gasteiger partial charge in [-0.15, -0.1) is 0 Å². The van der Waals surface area contributed by atoms with Crippen molar-refractivity contribution in [1.82, 2.24) is 19.5 Å². The number of anilines is 1. The van der Waals surface area contributed by atoms with E-state index < -0.39 is 0 Å². The van der Waals surface area contributed by atoms with Gasteiger partial charge in [-0.1, -0.05) is 0 Å². The first-order chi connectivity index (χ1) is 7.63. The van der Waals surface area contributed by atoms with E-state index in [1.165, 1.54) is 0 Å². The Morgan fingerprint density at radius 1 is 1.19 bits per heavy atom. The van der Waals surface area contributed by atoms with Gasteiger partial charge in [0, 0.05) is 26.5 Å². The summed E-state index contributed by atoms with van der Waals surface area (Å²) in [5.74, 6) is 1.58. The Hall–Kier alpha value is -1.91. The molecule has 2 aromatic heterocycles. The van der Waals surface area contributed by atoms with Crippen LogP contribution in [0.3, 0.4) is 0 Å². The van der Waals surface area contributed by atoms with Gasteiger partial charge in [0.25, 0.3) is 0 Å². The van der Waals surface area contributed by atoms with E-state index in [0.717, 1.165) is 28.7 Å². The molecule has 0 saturated carbocycles. The van der Waals surface area contributed by atoms with Crippen LogP contribution in [0.2, 0.25) is 0 Å². The van der Waals surface area contributed by atoms with Crippen LogP contribution in [-0.4, -0.2) is 26.6 Å². The first kappa shape index (κ1) is 10.6. The topological polar surface area (TPSA) is 55.6 Å². The summed E-state index contributed by atoms with van der Waals surface area (Å²) < 4.78 is 1.93. The number of hydrogen-bond donors (Lipinski definition) is 1. The van der Waals surface area contributed by atoms with Gasteiger partial charge in [-0.2, -0.15) is 0 Å². The van der Waals surface area contributed by atoms with E-state index in [1.807, 2.05) is 38.7 Å². The standard InChI is InChI=1S/C11H15N5/c1-7-8(2)15-10(12-3)9(14-7)11-13-5-6-16(11)4/h5-6H,1-4H3,(H,12,15). The highest BCUT2D eigenvalue weighted by Crippen LogP contribution is 2.23. The highest BCUT2D eigenvalue weighted by atomic mass is 15.1. The summed E-state index contributed by atoms with van der Waals surface area (Å²) in [6.45, 7) is 3.90. The minimum absolute atomic E-state index is 0.761. The number of nitrogens with zero attached hydrogens (tertiary/aromatic N) is 4. The monoisotopic (exact) mass is 217 g/mol. The highest BCUT2D eigenvalue weighted by molar-refractivity contribution is 5.66. The van der Waals surface area contributed by atoms with E-state index >= 15 is 0 Å². The van der Waals surface area contributed by atoms with Gasteiger partial charge in [0.1, 0.15) is 5.69 Å². The molecule has 84 valence electrons. The molecule has 0 aliphatic heterocycles. The van der Waals surface area contributed by atoms with E-state index in [2.05, 4.69) is 20.3 Å². The molecule has 0 bridgehead atoms. The number of aryl methyl sites for hydroxylation is 3. The van der Waals surface area contributed by atoms with Crippen LogP contribution in [-0.2, 0) is 7.05 Å². The maximum absolute atomic E-state index is 4.54. The molecule has 0 fully saturated rings. The molecule has 16 heavy (non-hydrogen) atoms. The Morgan fingerprint density at radius 2 is 1.88 bits per heavy atom. The van der Waals surface area contributed by atoms with Gasteiger partial charge in [-0.3, -0.25) is 0 Å². The molecule has 0 unspecified atom stereocenters. The Balaban J connectivity index is 2.64. The predicted molar refractivity (Wildman–Crippen MR) is 63.3 cm³/mol. The van der Waals surface area contributed by atoms with Crippen molar-refractivity contribution in [2.24, 2.45) is 7.05 Å². The summed E-state index contributed by atoms with van der Waals surface area (Å²) >= 11 is 0. The number of hydrogen-bond acceptors (Lipinski definition) is 4. The fraction of sp³-hybridized carbons (Fsp3) is 0.364. The molecule has 0 saturated heterocycles. The van der Waals surface area contributed by atoms with Crippen molar-refractivity contribution in [3.8, 4) is 11.5 Å².